The van der Waals surface area contributed by atoms with Gasteiger partial charge in [-0.15, -0.1) is 0 Å². The van der Waals surface area contributed by atoms with Gasteiger partial charge in [0.25, 0.3) is 0 Å². The predicted octanol–water partition coefficient (Wildman–Crippen LogP) is 2.17. The van der Waals surface area contributed by atoms with Crippen LogP contribution in [0, 0.1) is 5.41 Å². The summed E-state index contributed by atoms with van der Waals surface area (Å²) in [7, 11) is 3.95. The molecule has 0 bridgehead atoms. The molecule has 70 valence electrons. The zero-order chi connectivity index (χ0) is 9.78. The zero-order valence-corrected chi connectivity index (χ0v) is 8.81. The van der Waals surface area contributed by atoms with Gasteiger partial charge in [0.05, 0.1) is 0 Å². The lowest BCUT2D eigenvalue weighted by Gasteiger charge is -2.27. The van der Waals surface area contributed by atoms with Crippen molar-refractivity contribution in [3.05, 3.63) is 24.4 Å². The predicted molar refractivity (Wildman–Crippen MR) is 54.6 cm³/mol. The summed E-state index contributed by atoms with van der Waals surface area (Å²) < 4.78 is 0. The van der Waals surface area contributed by atoms with Gasteiger partial charge in [0, 0.05) is 25.2 Å². The molecule has 0 amide bonds. The number of hydrogen-bond donors (Lipinski definition) is 1. The highest BCUT2D eigenvalue weighted by Gasteiger charge is 2.16. The topological polar surface area (TPSA) is 15.3 Å². The Morgan fingerprint density at radius 1 is 1.33 bits per heavy atom. The summed E-state index contributed by atoms with van der Waals surface area (Å²) in [6.45, 7) is 10.2. The fraction of sp³-hybridized carbons (Fsp3) is 0.600. The molecule has 0 heterocycles. The minimum absolute atomic E-state index is 0.137. The number of hydrogen-bond acceptors (Lipinski definition) is 2. The Morgan fingerprint density at radius 2 is 1.83 bits per heavy atom. The quantitative estimate of drug-likeness (QED) is 0.513. The van der Waals surface area contributed by atoms with Crippen molar-refractivity contribution in [3.8, 4) is 0 Å². The highest BCUT2D eigenvalue weighted by Crippen LogP contribution is 2.22. The number of nitrogens with zero attached hydrogens (tertiary/aromatic N) is 1. The molecule has 0 spiro atoms. The summed E-state index contributed by atoms with van der Waals surface area (Å²) in [5, 5.41) is 1.93. The van der Waals surface area contributed by atoms with Gasteiger partial charge in [-0.1, -0.05) is 33.4 Å². The molecule has 2 nitrogen and oxygen atoms in total. The second-order valence-electron chi connectivity index (χ2n) is 4.07. The normalized spacial score (nSPS) is 13.3. The molecule has 1 N–H and O–H groups in total. The average Bonchev–Trinajstić information content (AvgIpc) is 1.83. The van der Waals surface area contributed by atoms with Crippen molar-refractivity contribution >= 4 is 0 Å². The highest BCUT2D eigenvalue weighted by molar-refractivity contribution is 5.14. The van der Waals surface area contributed by atoms with E-state index < -0.39 is 0 Å². The summed E-state index contributed by atoms with van der Waals surface area (Å²) in [4.78, 5) is 0. The van der Waals surface area contributed by atoms with E-state index in [9.17, 15) is 0 Å². The molecule has 0 rings (SSSR count). The average molecular weight is 168 g/mol. The van der Waals surface area contributed by atoms with Crippen LogP contribution >= 0.6 is 0 Å². The third-order valence-electron chi connectivity index (χ3n) is 1.44. The number of hydrazine groups is 1. The molecule has 0 atom stereocenters. The van der Waals surface area contributed by atoms with E-state index in [-0.39, 0.29) is 5.41 Å². The van der Waals surface area contributed by atoms with Crippen molar-refractivity contribution in [2.24, 2.45) is 5.41 Å². The minimum Gasteiger partial charge on any atom is -0.323 e. The number of allylic oxidation sites excluding steroid dienone is 3. The first-order valence-electron chi connectivity index (χ1n) is 4.15. The summed E-state index contributed by atoms with van der Waals surface area (Å²) in [6.07, 6.45) is 3.80. The van der Waals surface area contributed by atoms with Crippen molar-refractivity contribution in [3.63, 3.8) is 0 Å². The van der Waals surface area contributed by atoms with E-state index in [4.69, 9.17) is 0 Å². The van der Waals surface area contributed by atoms with Crippen molar-refractivity contribution in [1.82, 2.24) is 10.4 Å². The maximum absolute atomic E-state index is 3.69. The Labute approximate surface area is 75.9 Å². The van der Waals surface area contributed by atoms with Crippen molar-refractivity contribution in [2.45, 2.75) is 20.8 Å². The third kappa shape index (κ3) is 4.19. The van der Waals surface area contributed by atoms with Crippen LogP contribution in [0.15, 0.2) is 24.4 Å². The van der Waals surface area contributed by atoms with Crippen LogP contribution in [0.25, 0.3) is 0 Å². The standard InChI is InChI=1S/C10H20N2/c1-7-8-9(10(2,3)4)11-12(5)6/h7-8,11H,1H2,2-6H3/b9-8+. The van der Waals surface area contributed by atoms with E-state index >= 15 is 0 Å². The maximum Gasteiger partial charge on any atom is 0.0317 e. The number of nitrogens with one attached hydrogen (secondary N) is 1. The Kier molecular flexibility index (Phi) is 4.04. The molecular weight excluding hydrogens is 148 g/mol. The monoisotopic (exact) mass is 168 g/mol. The van der Waals surface area contributed by atoms with Gasteiger partial charge in [-0.3, -0.25) is 0 Å². The van der Waals surface area contributed by atoms with Crippen molar-refractivity contribution in [2.75, 3.05) is 14.1 Å². The van der Waals surface area contributed by atoms with E-state index in [2.05, 4.69) is 32.8 Å². The first kappa shape index (κ1) is 11.2. The molecule has 0 saturated heterocycles. The zero-order valence-electron chi connectivity index (χ0n) is 8.81. The second kappa shape index (κ2) is 4.31. The van der Waals surface area contributed by atoms with Crippen LogP contribution < -0.4 is 5.43 Å². The SMILES string of the molecule is C=C/C=C(/NN(C)C)C(C)(C)C. The molecule has 12 heavy (non-hydrogen) atoms. The van der Waals surface area contributed by atoms with Crippen LogP contribution in [0.4, 0.5) is 0 Å². The lowest BCUT2D eigenvalue weighted by Crippen LogP contribution is -2.35. The molecule has 0 radical (unpaired) electrons. The van der Waals surface area contributed by atoms with Crippen LogP contribution in [0.2, 0.25) is 0 Å². The maximum atomic E-state index is 3.69. The molecule has 0 aromatic carbocycles. The Balaban J connectivity index is 4.46. The third-order valence-corrected chi connectivity index (χ3v) is 1.44. The molecule has 0 aromatic heterocycles. The fourth-order valence-electron chi connectivity index (χ4n) is 0.814. The molecule has 0 aliphatic heterocycles. The van der Waals surface area contributed by atoms with Crippen LogP contribution in [0.1, 0.15) is 20.8 Å². The van der Waals surface area contributed by atoms with Gasteiger partial charge < -0.3 is 5.43 Å². The number of rotatable bonds is 3. The Hall–Kier alpha value is -0.760. The Morgan fingerprint density at radius 3 is 2.08 bits per heavy atom. The van der Waals surface area contributed by atoms with E-state index in [0.717, 1.165) is 0 Å². The van der Waals surface area contributed by atoms with Gasteiger partial charge in [0.2, 0.25) is 0 Å². The van der Waals surface area contributed by atoms with Crippen LogP contribution in [0.3, 0.4) is 0 Å². The lowest BCUT2D eigenvalue weighted by molar-refractivity contribution is 0.283. The van der Waals surface area contributed by atoms with Gasteiger partial charge in [0.1, 0.15) is 0 Å². The molecule has 0 unspecified atom stereocenters. The first-order chi connectivity index (χ1) is 5.38. The summed E-state index contributed by atoms with van der Waals surface area (Å²) in [6, 6.07) is 0. The van der Waals surface area contributed by atoms with E-state index in [0.29, 0.717) is 0 Å². The first-order valence-corrected chi connectivity index (χ1v) is 4.15. The molecule has 2 heteroatoms. The second-order valence-corrected chi connectivity index (χ2v) is 4.07. The van der Waals surface area contributed by atoms with E-state index in [1.165, 1.54) is 5.70 Å². The highest BCUT2D eigenvalue weighted by atomic mass is 15.5. The van der Waals surface area contributed by atoms with Gasteiger partial charge in [-0.2, -0.15) is 0 Å². The molecular formula is C10H20N2. The van der Waals surface area contributed by atoms with Crippen LogP contribution in [-0.2, 0) is 0 Å². The molecule has 0 saturated carbocycles. The van der Waals surface area contributed by atoms with Gasteiger partial charge in [-0.25, -0.2) is 5.01 Å². The summed E-state index contributed by atoms with van der Waals surface area (Å²) in [5.74, 6) is 0. The molecule has 0 aliphatic rings. The fourth-order valence-corrected chi connectivity index (χ4v) is 0.814. The largest absolute Gasteiger partial charge is 0.323 e. The van der Waals surface area contributed by atoms with E-state index in [1.54, 1.807) is 6.08 Å². The molecule has 0 aromatic rings. The molecule has 0 fully saturated rings. The van der Waals surface area contributed by atoms with Gasteiger partial charge >= 0.3 is 0 Å². The smallest absolute Gasteiger partial charge is 0.0317 e. The Bertz CT molecular complexity index is 173. The minimum atomic E-state index is 0.137. The van der Waals surface area contributed by atoms with Crippen molar-refractivity contribution in [1.29, 1.82) is 0 Å². The van der Waals surface area contributed by atoms with Gasteiger partial charge in [-0.05, 0) is 6.08 Å². The van der Waals surface area contributed by atoms with E-state index in [1.807, 2.05) is 25.2 Å². The summed E-state index contributed by atoms with van der Waals surface area (Å²) >= 11 is 0. The van der Waals surface area contributed by atoms with Crippen molar-refractivity contribution < 1.29 is 0 Å². The lowest BCUT2D eigenvalue weighted by atomic mass is 9.92. The van der Waals surface area contributed by atoms with Crippen LogP contribution in [0.5, 0.6) is 0 Å². The van der Waals surface area contributed by atoms with Crippen LogP contribution in [-0.4, -0.2) is 19.1 Å². The van der Waals surface area contributed by atoms with Gasteiger partial charge in [0.15, 0.2) is 0 Å². The summed E-state index contributed by atoms with van der Waals surface area (Å²) in [5.41, 5.74) is 4.55. The molecule has 0 aliphatic carbocycles.